The number of rotatable bonds is 72. The van der Waals surface area contributed by atoms with Gasteiger partial charge < -0.3 is 33.8 Å². The van der Waals surface area contributed by atoms with Gasteiger partial charge in [0.15, 0.2) is 12.2 Å². The van der Waals surface area contributed by atoms with Crippen LogP contribution in [-0.2, 0) is 65.4 Å². The van der Waals surface area contributed by atoms with Gasteiger partial charge in [0.2, 0.25) is 0 Å². The van der Waals surface area contributed by atoms with Crippen molar-refractivity contribution in [3.8, 4) is 0 Å². The number of carbonyl (C=O) groups excluding carboxylic acids is 4. The molecule has 0 aromatic carbocycles. The fraction of sp³-hybridized carbons (Fsp3) is 0.792. The standard InChI is InChI=1S/C77H138O17P2/c1-5-9-13-17-21-25-29-32-35-38-42-45-49-53-57-61-74(79)87-67-72(93-76(81)63-59-55-51-47-41-28-24-20-16-12-8-4)69-91-95(83,84)89-65-71(78)66-90-96(85,86)92-70-73(94-77(82)64-60-56-52-48-44-40-37-34-31-27-23-19-15-11-7-3)68-88-75(80)62-58-54-50-46-43-39-36-33-30-26-22-18-14-10-6-2/h10,14,22,26,32-37,43,46,71-73,78H,5-9,11-13,15-21,23-25,27-31,38-42,44-45,47-70H2,1-4H3,(H,83,84)(H,85,86)/b14-10-,26-22-,35-32-,36-33-,37-34-,46-43-. The topological polar surface area (TPSA) is 237 Å². The van der Waals surface area contributed by atoms with Crippen molar-refractivity contribution >= 4 is 39.5 Å². The third kappa shape index (κ3) is 69.0. The molecular weight excluding hydrogens is 1260 g/mol. The molecule has 3 N–H and O–H groups in total. The number of ether oxygens (including phenoxy) is 4. The van der Waals surface area contributed by atoms with Crippen molar-refractivity contribution in [2.75, 3.05) is 39.6 Å². The molecule has 0 amide bonds. The van der Waals surface area contributed by atoms with Crippen molar-refractivity contribution in [3.63, 3.8) is 0 Å². The lowest BCUT2D eigenvalue weighted by Gasteiger charge is -2.21. The maximum atomic E-state index is 13.1. The fourth-order valence-corrected chi connectivity index (χ4v) is 11.9. The molecule has 0 saturated carbocycles. The second kappa shape index (κ2) is 70.0. The predicted octanol–water partition coefficient (Wildman–Crippen LogP) is 21.7. The highest BCUT2D eigenvalue weighted by Crippen LogP contribution is 2.45. The first kappa shape index (κ1) is 92.5. The lowest BCUT2D eigenvalue weighted by Crippen LogP contribution is -2.30. The Hall–Kier alpha value is -3.50. The minimum atomic E-state index is -4.98. The van der Waals surface area contributed by atoms with Gasteiger partial charge in [0, 0.05) is 25.7 Å². The van der Waals surface area contributed by atoms with Crippen LogP contribution in [-0.4, -0.2) is 96.7 Å². The van der Waals surface area contributed by atoms with Crippen LogP contribution >= 0.6 is 15.6 Å². The van der Waals surface area contributed by atoms with E-state index in [0.29, 0.717) is 25.7 Å². The molecule has 0 aromatic rings. The molecule has 0 bridgehead atoms. The molecule has 5 atom stereocenters. The van der Waals surface area contributed by atoms with E-state index >= 15 is 0 Å². The highest BCUT2D eigenvalue weighted by atomic mass is 31.2. The summed E-state index contributed by atoms with van der Waals surface area (Å²) in [4.78, 5) is 72.8. The van der Waals surface area contributed by atoms with Gasteiger partial charge in [-0.1, -0.05) is 268 Å². The SMILES string of the molecule is CC/C=C\C/C=C\C/C=C\C/C=C\CCCCC(=O)OCC(COP(=O)(O)OCC(O)COP(=O)(O)OCC(COC(=O)CCCCCCC/C=C\CCCCCCCC)OC(=O)CCCCCCCCCCCCC)OC(=O)CCCCCCC/C=C\CCCCCCCC. The number of carbonyl (C=O) groups is 4. The predicted molar refractivity (Wildman–Crippen MR) is 390 cm³/mol. The zero-order chi connectivity index (χ0) is 70.4. The molecule has 0 radical (unpaired) electrons. The summed E-state index contributed by atoms with van der Waals surface area (Å²) in [7, 11) is -9.95. The lowest BCUT2D eigenvalue weighted by molar-refractivity contribution is -0.161. The lowest BCUT2D eigenvalue weighted by atomic mass is 10.1. The summed E-state index contributed by atoms with van der Waals surface area (Å²) in [5.41, 5.74) is 0. The monoisotopic (exact) mass is 1400 g/mol. The number of phosphoric acid groups is 2. The Morgan fingerprint density at radius 3 is 0.865 bits per heavy atom. The van der Waals surface area contributed by atoms with Gasteiger partial charge in [0.05, 0.1) is 26.4 Å². The number of aliphatic hydroxyl groups is 1. The van der Waals surface area contributed by atoms with Gasteiger partial charge in [-0.25, -0.2) is 9.13 Å². The van der Waals surface area contributed by atoms with Crippen molar-refractivity contribution in [2.45, 2.75) is 354 Å². The molecule has 0 aliphatic carbocycles. The van der Waals surface area contributed by atoms with Crippen LogP contribution in [0.1, 0.15) is 336 Å². The van der Waals surface area contributed by atoms with Gasteiger partial charge >= 0.3 is 39.5 Å². The molecule has 558 valence electrons. The van der Waals surface area contributed by atoms with E-state index in [9.17, 15) is 43.2 Å². The summed E-state index contributed by atoms with van der Waals surface area (Å²) >= 11 is 0. The summed E-state index contributed by atoms with van der Waals surface area (Å²) in [6, 6.07) is 0. The van der Waals surface area contributed by atoms with Crippen LogP contribution in [0, 0.1) is 0 Å². The summed E-state index contributed by atoms with van der Waals surface area (Å²) in [6.07, 6.45) is 69.0. The van der Waals surface area contributed by atoms with Crippen LogP contribution in [0.2, 0.25) is 0 Å². The highest BCUT2D eigenvalue weighted by molar-refractivity contribution is 7.47. The molecule has 5 unspecified atom stereocenters. The van der Waals surface area contributed by atoms with Gasteiger partial charge in [0.1, 0.15) is 19.3 Å². The first-order valence-electron chi connectivity index (χ1n) is 38.2. The van der Waals surface area contributed by atoms with E-state index < -0.39 is 97.5 Å². The number of aliphatic hydroxyl groups excluding tert-OH is 1. The summed E-state index contributed by atoms with van der Waals surface area (Å²) < 4.78 is 68.4. The number of allylic oxidation sites excluding steroid dienone is 12. The number of unbranched alkanes of at least 4 members (excludes halogenated alkanes) is 34. The third-order valence-electron chi connectivity index (χ3n) is 16.2. The van der Waals surface area contributed by atoms with E-state index in [-0.39, 0.29) is 25.7 Å². The van der Waals surface area contributed by atoms with Gasteiger partial charge in [-0.15, -0.1) is 0 Å². The van der Waals surface area contributed by atoms with Crippen LogP contribution in [0.4, 0.5) is 0 Å². The molecule has 0 fully saturated rings. The molecule has 0 saturated heterocycles. The normalized spacial score (nSPS) is 14.4. The Labute approximate surface area is 583 Å². The van der Waals surface area contributed by atoms with Gasteiger partial charge in [-0.2, -0.15) is 0 Å². The molecule has 0 spiro atoms. The molecule has 0 heterocycles. The second-order valence-corrected chi connectivity index (χ2v) is 28.5. The molecule has 0 aromatic heterocycles. The molecule has 19 heteroatoms. The van der Waals surface area contributed by atoms with Gasteiger partial charge in [-0.05, 0) is 116 Å². The number of phosphoric ester groups is 2. The van der Waals surface area contributed by atoms with Crippen LogP contribution in [0.25, 0.3) is 0 Å². The summed E-state index contributed by atoms with van der Waals surface area (Å²) in [6.45, 7) is 4.71. The quantitative estimate of drug-likeness (QED) is 0.0169. The van der Waals surface area contributed by atoms with Gasteiger partial charge in [-0.3, -0.25) is 37.3 Å². The van der Waals surface area contributed by atoms with E-state index in [1.807, 2.05) is 0 Å². The van der Waals surface area contributed by atoms with Crippen LogP contribution in [0.3, 0.4) is 0 Å². The second-order valence-electron chi connectivity index (χ2n) is 25.6. The molecule has 0 aliphatic rings. The number of esters is 4. The van der Waals surface area contributed by atoms with Crippen molar-refractivity contribution in [2.24, 2.45) is 0 Å². The average molecular weight is 1400 g/mol. The van der Waals surface area contributed by atoms with E-state index in [4.69, 9.17) is 37.0 Å². The van der Waals surface area contributed by atoms with Crippen LogP contribution in [0.5, 0.6) is 0 Å². The van der Waals surface area contributed by atoms with E-state index in [0.717, 1.165) is 141 Å². The van der Waals surface area contributed by atoms with E-state index in [2.05, 4.69) is 101 Å². The maximum absolute atomic E-state index is 13.1. The minimum absolute atomic E-state index is 0.0782. The highest BCUT2D eigenvalue weighted by Gasteiger charge is 2.30. The average Bonchev–Trinajstić information content (AvgIpc) is 1.09. The zero-order valence-electron chi connectivity index (χ0n) is 60.8. The van der Waals surface area contributed by atoms with Gasteiger partial charge in [0.25, 0.3) is 0 Å². The molecular formula is C77H138O17P2. The first-order chi connectivity index (χ1) is 46.7. The Kier molecular flexibility index (Phi) is 67.4. The third-order valence-corrected chi connectivity index (χ3v) is 18.1. The van der Waals surface area contributed by atoms with Crippen LogP contribution in [0.15, 0.2) is 72.9 Å². The van der Waals surface area contributed by atoms with Crippen molar-refractivity contribution in [1.29, 1.82) is 0 Å². The Morgan fingerprint density at radius 1 is 0.302 bits per heavy atom. The Morgan fingerprint density at radius 2 is 0.542 bits per heavy atom. The van der Waals surface area contributed by atoms with Crippen LogP contribution < -0.4 is 0 Å². The molecule has 0 aliphatic heterocycles. The summed E-state index contributed by atoms with van der Waals surface area (Å²) in [5.74, 6) is -2.22. The smallest absolute Gasteiger partial charge is 0.462 e. The van der Waals surface area contributed by atoms with Crippen molar-refractivity contribution < 1.29 is 80.2 Å². The summed E-state index contributed by atoms with van der Waals surface area (Å²) in [5, 5.41) is 10.6. The minimum Gasteiger partial charge on any atom is -0.462 e. The zero-order valence-corrected chi connectivity index (χ0v) is 62.6. The van der Waals surface area contributed by atoms with E-state index in [1.54, 1.807) is 0 Å². The van der Waals surface area contributed by atoms with E-state index in [1.165, 1.54) is 116 Å². The largest absolute Gasteiger partial charge is 0.472 e. The molecule has 96 heavy (non-hydrogen) atoms. The maximum Gasteiger partial charge on any atom is 0.472 e. The Bertz CT molecular complexity index is 2110. The number of hydrogen-bond acceptors (Lipinski definition) is 15. The Balaban J connectivity index is 5.35. The number of hydrogen-bond donors (Lipinski definition) is 3. The first-order valence-corrected chi connectivity index (χ1v) is 41.2. The fourth-order valence-electron chi connectivity index (χ4n) is 10.3. The van der Waals surface area contributed by atoms with Crippen molar-refractivity contribution in [1.82, 2.24) is 0 Å². The van der Waals surface area contributed by atoms with Crippen molar-refractivity contribution in [3.05, 3.63) is 72.9 Å². The molecule has 0 rings (SSSR count). The molecule has 17 nitrogen and oxygen atoms in total.